The molecule has 0 unspecified atom stereocenters. The molecular formula is C16H22N2OS2. The van der Waals surface area contributed by atoms with Crippen molar-refractivity contribution < 1.29 is 4.74 Å². The molecule has 5 heteroatoms. The summed E-state index contributed by atoms with van der Waals surface area (Å²) in [7, 11) is 1.69. The van der Waals surface area contributed by atoms with Gasteiger partial charge in [-0.2, -0.15) is 11.8 Å². The molecule has 21 heavy (non-hydrogen) atoms. The zero-order chi connectivity index (χ0) is 15.1. The van der Waals surface area contributed by atoms with Crippen LogP contribution in [-0.2, 0) is 23.6 Å². The van der Waals surface area contributed by atoms with Crippen LogP contribution in [0.4, 0.5) is 5.69 Å². The van der Waals surface area contributed by atoms with Gasteiger partial charge in [0.15, 0.2) is 0 Å². The number of thiazole rings is 1. The molecule has 2 rings (SSSR count). The Morgan fingerprint density at radius 1 is 1.38 bits per heavy atom. The third-order valence-corrected chi connectivity index (χ3v) is 4.89. The van der Waals surface area contributed by atoms with E-state index in [1.165, 1.54) is 5.56 Å². The van der Waals surface area contributed by atoms with Gasteiger partial charge < -0.3 is 10.1 Å². The predicted octanol–water partition coefficient (Wildman–Crippen LogP) is 4.54. The first-order chi connectivity index (χ1) is 10.2. The van der Waals surface area contributed by atoms with Crippen LogP contribution in [0.3, 0.4) is 0 Å². The first kappa shape index (κ1) is 16.3. The topological polar surface area (TPSA) is 34.1 Å². The average Bonchev–Trinajstić information content (AvgIpc) is 2.92. The molecule has 0 aliphatic carbocycles. The van der Waals surface area contributed by atoms with Gasteiger partial charge in [0.1, 0.15) is 5.01 Å². The van der Waals surface area contributed by atoms with Gasteiger partial charge in [-0.15, -0.1) is 11.3 Å². The van der Waals surface area contributed by atoms with Crippen molar-refractivity contribution in [3.63, 3.8) is 0 Å². The largest absolute Gasteiger partial charge is 0.379 e. The molecule has 1 heterocycles. The molecule has 0 atom stereocenters. The number of nitrogens with zero attached hydrogens (tertiary/aromatic N) is 1. The van der Waals surface area contributed by atoms with Gasteiger partial charge in [0.05, 0.1) is 18.8 Å². The van der Waals surface area contributed by atoms with Gasteiger partial charge in [0, 0.05) is 23.9 Å². The lowest BCUT2D eigenvalue weighted by molar-refractivity contribution is 0.184. The third kappa shape index (κ3) is 5.69. The Bertz CT molecular complexity index is 555. The number of methoxy groups -OCH3 is 1. The molecule has 0 aliphatic heterocycles. The minimum Gasteiger partial charge on any atom is -0.379 e. The van der Waals surface area contributed by atoms with E-state index in [-0.39, 0.29) is 0 Å². The van der Waals surface area contributed by atoms with E-state index in [0.717, 1.165) is 28.7 Å². The summed E-state index contributed by atoms with van der Waals surface area (Å²) in [6.07, 6.45) is 0. The molecule has 1 aromatic heterocycles. The van der Waals surface area contributed by atoms with Crippen molar-refractivity contribution in [2.45, 2.75) is 38.0 Å². The fraction of sp³-hybridized carbons (Fsp3) is 0.438. The number of nitrogens with one attached hydrogen (secondary N) is 1. The Hall–Kier alpha value is -1.04. The summed E-state index contributed by atoms with van der Waals surface area (Å²) in [6.45, 7) is 5.80. The van der Waals surface area contributed by atoms with Gasteiger partial charge in [0.25, 0.3) is 0 Å². The van der Waals surface area contributed by atoms with E-state index < -0.39 is 0 Å². The van der Waals surface area contributed by atoms with E-state index in [1.807, 2.05) is 11.8 Å². The normalized spacial score (nSPS) is 11.0. The fourth-order valence-electron chi connectivity index (χ4n) is 1.85. The molecule has 0 bridgehead atoms. The minimum atomic E-state index is 0.590. The highest BCUT2D eigenvalue weighted by molar-refractivity contribution is 7.99. The smallest absolute Gasteiger partial charge is 0.119 e. The number of hydrogen-bond donors (Lipinski definition) is 1. The maximum Gasteiger partial charge on any atom is 0.119 e. The molecule has 114 valence electrons. The van der Waals surface area contributed by atoms with Crippen LogP contribution in [0.2, 0.25) is 0 Å². The SMILES string of the molecule is COCc1nc(CNc2cccc(CSC(C)C)c2)cs1. The number of rotatable bonds is 8. The van der Waals surface area contributed by atoms with Crippen LogP contribution >= 0.6 is 23.1 Å². The molecule has 0 saturated heterocycles. The van der Waals surface area contributed by atoms with Crippen molar-refractivity contribution in [1.82, 2.24) is 4.98 Å². The summed E-state index contributed by atoms with van der Waals surface area (Å²) in [5.41, 5.74) is 3.57. The summed E-state index contributed by atoms with van der Waals surface area (Å²) in [5, 5.41) is 7.21. The highest BCUT2D eigenvalue weighted by atomic mass is 32.2. The van der Waals surface area contributed by atoms with E-state index in [9.17, 15) is 0 Å². The highest BCUT2D eigenvalue weighted by Crippen LogP contribution is 2.20. The fourth-order valence-corrected chi connectivity index (χ4v) is 3.32. The molecule has 1 N–H and O–H groups in total. The van der Waals surface area contributed by atoms with Gasteiger partial charge in [-0.1, -0.05) is 26.0 Å². The van der Waals surface area contributed by atoms with Crippen molar-refractivity contribution in [2.24, 2.45) is 0 Å². The molecule has 0 saturated carbocycles. The molecule has 0 spiro atoms. The van der Waals surface area contributed by atoms with Gasteiger partial charge in [-0.3, -0.25) is 0 Å². The maximum atomic E-state index is 5.09. The van der Waals surface area contributed by atoms with Crippen LogP contribution in [-0.4, -0.2) is 17.3 Å². The van der Waals surface area contributed by atoms with Gasteiger partial charge in [-0.25, -0.2) is 4.98 Å². The Balaban J connectivity index is 1.88. The van der Waals surface area contributed by atoms with E-state index in [2.05, 4.69) is 53.8 Å². The second-order valence-corrected chi connectivity index (χ2v) is 7.59. The quantitative estimate of drug-likeness (QED) is 0.773. The number of hydrogen-bond acceptors (Lipinski definition) is 5. The van der Waals surface area contributed by atoms with E-state index in [4.69, 9.17) is 4.74 Å². The van der Waals surface area contributed by atoms with Crippen LogP contribution in [0.15, 0.2) is 29.6 Å². The first-order valence-electron chi connectivity index (χ1n) is 7.04. The number of aromatic nitrogens is 1. The highest BCUT2D eigenvalue weighted by Gasteiger charge is 2.03. The lowest BCUT2D eigenvalue weighted by atomic mass is 10.2. The lowest BCUT2D eigenvalue weighted by Gasteiger charge is -2.08. The summed E-state index contributed by atoms with van der Waals surface area (Å²) in [4.78, 5) is 4.52. The molecular weight excluding hydrogens is 300 g/mol. The monoisotopic (exact) mass is 322 g/mol. The molecule has 0 aliphatic rings. The van der Waals surface area contributed by atoms with Crippen molar-refractivity contribution in [2.75, 3.05) is 12.4 Å². The predicted molar refractivity (Wildman–Crippen MR) is 93.0 cm³/mol. The van der Waals surface area contributed by atoms with Crippen LogP contribution in [0.25, 0.3) is 0 Å². The average molecular weight is 322 g/mol. The van der Waals surface area contributed by atoms with E-state index >= 15 is 0 Å². The number of anilines is 1. The second kappa shape index (κ2) is 8.41. The Morgan fingerprint density at radius 3 is 3.00 bits per heavy atom. The van der Waals surface area contributed by atoms with Gasteiger partial charge in [0.2, 0.25) is 0 Å². The number of benzene rings is 1. The van der Waals surface area contributed by atoms with Crippen molar-refractivity contribution in [3.8, 4) is 0 Å². The molecule has 0 amide bonds. The molecule has 0 radical (unpaired) electrons. The molecule has 2 aromatic rings. The van der Waals surface area contributed by atoms with Crippen molar-refractivity contribution >= 4 is 28.8 Å². The zero-order valence-corrected chi connectivity index (χ0v) is 14.4. The maximum absolute atomic E-state index is 5.09. The van der Waals surface area contributed by atoms with Crippen molar-refractivity contribution in [1.29, 1.82) is 0 Å². The Kier molecular flexibility index (Phi) is 6.54. The lowest BCUT2D eigenvalue weighted by Crippen LogP contribution is -2.00. The number of ether oxygens (including phenoxy) is 1. The van der Waals surface area contributed by atoms with Crippen LogP contribution in [0, 0.1) is 0 Å². The van der Waals surface area contributed by atoms with Gasteiger partial charge >= 0.3 is 0 Å². The van der Waals surface area contributed by atoms with Crippen LogP contribution in [0.5, 0.6) is 0 Å². The summed E-state index contributed by atoms with van der Waals surface area (Å²) >= 11 is 3.61. The molecule has 1 aromatic carbocycles. The Morgan fingerprint density at radius 2 is 2.24 bits per heavy atom. The number of thioether (sulfide) groups is 1. The third-order valence-electron chi connectivity index (χ3n) is 2.85. The minimum absolute atomic E-state index is 0.590. The van der Waals surface area contributed by atoms with Gasteiger partial charge in [-0.05, 0) is 22.9 Å². The summed E-state index contributed by atoms with van der Waals surface area (Å²) < 4.78 is 5.09. The summed E-state index contributed by atoms with van der Waals surface area (Å²) in [5.74, 6) is 1.06. The second-order valence-electron chi connectivity index (χ2n) is 5.08. The molecule has 3 nitrogen and oxygen atoms in total. The van der Waals surface area contributed by atoms with Crippen LogP contribution in [0.1, 0.15) is 30.1 Å². The van der Waals surface area contributed by atoms with Crippen LogP contribution < -0.4 is 5.32 Å². The standard InChI is InChI=1S/C16H22N2OS2/c1-12(2)20-10-13-5-4-6-14(7-13)17-8-15-11-21-16(18-15)9-19-3/h4-7,11-12,17H,8-10H2,1-3H3. The molecule has 0 fully saturated rings. The first-order valence-corrected chi connectivity index (χ1v) is 8.97. The van der Waals surface area contributed by atoms with E-state index in [0.29, 0.717) is 11.9 Å². The van der Waals surface area contributed by atoms with Crippen molar-refractivity contribution in [3.05, 3.63) is 45.9 Å². The summed E-state index contributed by atoms with van der Waals surface area (Å²) in [6, 6.07) is 8.61. The zero-order valence-electron chi connectivity index (χ0n) is 12.8. The van der Waals surface area contributed by atoms with E-state index in [1.54, 1.807) is 18.4 Å². The Labute approximate surface area is 135 Å².